The van der Waals surface area contributed by atoms with E-state index in [1.165, 1.54) is 30.6 Å². The summed E-state index contributed by atoms with van der Waals surface area (Å²) in [4.78, 5) is 4.33. The summed E-state index contributed by atoms with van der Waals surface area (Å²) in [5, 5.41) is 7.76. The average Bonchev–Trinajstić information content (AvgIpc) is 3.27. The molecule has 1 aliphatic carbocycles. The van der Waals surface area contributed by atoms with Crippen molar-refractivity contribution < 1.29 is 27.0 Å². The standard InChI is InChI=1S/C24H20F4N4O2/c25-22(26)33-17-8-4-14(5-9-17)12-16-2-1-3-19-20(16)31-24-29-13-30-32(24)21(19)15-6-10-18(11-7-15)34-23(27)28/h4-13,21-23H,1-3H2,(H,29,30,31). The zero-order valence-electron chi connectivity index (χ0n) is 17.8. The molecule has 1 aliphatic heterocycles. The van der Waals surface area contributed by atoms with Gasteiger partial charge in [0.05, 0.1) is 0 Å². The fourth-order valence-corrected chi connectivity index (χ4v) is 4.41. The lowest BCUT2D eigenvalue weighted by molar-refractivity contribution is -0.0505. The fraction of sp³-hybridized carbons (Fsp3) is 0.250. The zero-order valence-corrected chi connectivity index (χ0v) is 17.8. The van der Waals surface area contributed by atoms with Gasteiger partial charge in [0, 0.05) is 5.70 Å². The number of nitrogens with one attached hydrogen (secondary N) is 1. The SMILES string of the molecule is FC(F)Oc1ccc(C=C2CCCC3=C2Nc2ncnn2C3c2ccc(OC(F)F)cc2)cc1. The molecule has 0 saturated heterocycles. The molecule has 0 amide bonds. The lowest BCUT2D eigenvalue weighted by Gasteiger charge is -2.34. The molecular formula is C24H20F4N4O2. The van der Waals surface area contributed by atoms with Gasteiger partial charge in [-0.05, 0) is 71.9 Å². The summed E-state index contributed by atoms with van der Waals surface area (Å²) in [6.07, 6.45) is 6.03. The molecule has 0 bridgehead atoms. The molecule has 2 heterocycles. The van der Waals surface area contributed by atoms with Crippen molar-refractivity contribution in [2.75, 3.05) is 5.32 Å². The van der Waals surface area contributed by atoms with Gasteiger partial charge in [-0.25, -0.2) is 4.68 Å². The van der Waals surface area contributed by atoms with Gasteiger partial charge in [0.1, 0.15) is 23.9 Å². The first-order valence-electron chi connectivity index (χ1n) is 10.7. The molecule has 2 aliphatic rings. The van der Waals surface area contributed by atoms with Crippen LogP contribution in [0.25, 0.3) is 6.08 Å². The van der Waals surface area contributed by atoms with Crippen molar-refractivity contribution in [3.05, 3.63) is 82.8 Å². The third-order valence-electron chi connectivity index (χ3n) is 5.79. The first-order valence-corrected chi connectivity index (χ1v) is 10.7. The van der Waals surface area contributed by atoms with E-state index in [1.54, 1.807) is 28.9 Å². The molecule has 0 spiro atoms. The average molecular weight is 472 g/mol. The Kier molecular flexibility index (Phi) is 5.95. The Morgan fingerprint density at radius 3 is 2.21 bits per heavy atom. The summed E-state index contributed by atoms with van der Waals surface area (Å²) in [5.41, 5.74) is 4.83. The Hall–Kier alpha value is -3.82. The largest absolute Gasteiger partial charge is 0.435 e. The van der Waals surface area contributed by atoms with Crippen LogP contribution in [-0.2, 0) is 0 Å². The highest BCUT2D eigenvalue weighted by molar-refractivity contribution is 5.66. The van der Waals surface area contributed by atoms with Crippen LogP contribution in [0.5, 0.6) is 11.5 Å². The molecule has 1 atom stereocenters. The van der Waals surface area contributed by atoms with E-state index in [1.807, 2.05) is 6.08 Å². The lowest BCUT2D eigenvalue weighted by Crippen LogP contribution is -2.28. The number of halogens is 4. The van der Waals surface area contributed by atoms with Crippen molar-refractivity contribution in [2.24, 2.45) is 0 Å². The second-order valence-corrected chi connectivity index (χ2v) is 7.87. The van der Waals surface area contributed by atoms with Crippen molar-refractivity contribution in [3.8, 4) is 11.5 Å². The third-order valence-corrected chi connectivity index (χ3v) is 5.79. The van der Waals surface area contributed by atoms with Gasteiger partial charge in [0.2, 0.25) is 5.95 Å². The number of alkyl halides is 4. The van der Waals surface area contributed by atoms with Crippen molar-refractivity contribution in [1.29, 1.82) is 0 Å². The Balaban J connectivity index is 1.50. The molecule has 1 unspecified atom stereocenters. The van der Waals surface area contributed by atoms with Gasteiger partial charge in [-0.2, -0.15) is 27.6 Å². The van der Waals surface area contributed by atoms with Crippen molar-refractivity contribution in [2.45, 2.75) is 38.5 Å². The summed E-state index contributed by atoms with van der Waals surface area (Å²) in [6.45, 7) is -5.75. The minimum absolute atomic E-state index is 0.0872. The number of rotatable bonds is 6. The number of nitrogens with zero attached hydrogens (tertiary/aromatic N) is 3. The topological polar surface area (TPSA) is 61.2 Å². The Morgan fingerprint density at radius 1 is 0.912 bits per heavy atom. The highest BCUT2D eigenvalue weighted by atomic mass is 19.3. The Morgan fingerprint density at radius 2 is 1.56 bits per heavy atom. The number of allylic oxidation sites excluding steroid dienone is 2. The van der Waals surface area contributed by atoms with E-state index < -0.39 is 13.2 Å². The van der Waals surface area contributed by atoms with Crippen LogP contribution in [0.3, 0.4) is 0 Å². The number of fused-ring (bicyclic) bond motifs is 1. The number of anilines is 1. The fourth-order valence-electron chi connectivity index (χ4n) is 4.41. The number of hydrogen-bond donors (Lipinski definition) is 1. The molecule has 6 nitrogen and oxygen atoms in total. The minimum Gasteiger partial charge on any atom is -0.435 e. The van der Waals surface area contributed by atoms with Crippen LogP contribution in [0, 0.1) is 0 Å². The zero-order chi connectivity index (χ0) is 23.7. The normalized spacial score (nSPS) is 18.6. The third kappa shape index (κ3) is 4.48. The smallest absolute Gasteiger partial charge is 0.387 e. The molecule has 176 valence electrons. The summed E-state index contributed by atoms with van der Waals surface area (Å²) in [5.74, 6) is 0.762. The Labute approximate surface area is 192 Å². The molecule has 1 N–H and O–H groups in total. The second-order valence-electron chi connectivity index (χ2n) is 7.87. The van der Waals surface area contributed by atoms with Crippen molar-refractivity contribution >= 4 is 12.0 Å². The van der Waals surface area contributed by atoms with E-state index >= 15 is 0 Å². The molecule has 2 aromatic carbocycles. The van der Waals surface area contributed by atoms with Gasteiger partial charge < -0.3 is 14.8 Å². The van der Waals surface area contributed by atoms with E-state index in [2.05, 4.69) is 24.9 Å². The first-order chi connectivity index (χ1) is 16.5. The molecule has 5 rings (SSSR count). The molecule has 0 saturated carbocycles. The lowest BCUT2D eigenvalue weighted by atomic mass is 9.83. The van der Waals surface area contributed by atoms with E-state index in [4.69, 9.17) is 0 Å². The van der Waals surface area contributed by atoms with E-state index in [-0.39, 0.29) is 17.5 Å². The Bertz CT molecular complexity index is 1220. The molecule has 1 aromatic heterocycles. The second kappa shape index (κ2) is 9.20. The van der Waals surface area contributed by atoms with Gasteiger partial charge in [-0.15, -0.1) is 0 Å². The van der Waals surface area contributed by atoms with Crippen LogP contribution < -0.4 is 14.8 Å². The summed E-state index contributed by atoms with van der Waals surface area (Å²) >= 11 is 0. The highest BCUT2D eigenvalue weighted by Crippen LogP contribution is 2.43. The highest BCUT2D eigenvalue weighted by Gasteiger charge is 2.33. The van der Waals surface area contributed by atoms with Crippen molar-refractivity contribution in [1.82, 2.24) is 14.8 Å². The van der Waals surface area contributed by atoms with Crippen molar-refractivity contribution in [3.63, 3.8) is 0 Å². The first kappa shape index (κ1) is 22.0. The van der Waals surface area contributed by atoms with Crippen LogP contribution in [0.4, 0.5) is 23.5 Å². The van der Waals surface area contributed by atoms with Crippen LogP contribution in [0.15, 0.2) is 71.7 Å². The number of hydrogen-bond acceptors (Lipinski definition) is 5. The molecule has 3 aromatic rings. The summed E-state index contributed by atoms with van der Waals surface area (Å²) in [7, 11) is 0. The van der Waals surface area contributed by atoms with E-state index in [0.717, 1.165) is 47.2 Å². The van der Waals surface area contributed by atoms with Crippen LogP contribution in [0.1, 0.15) is 36.4 Å². The number of benzene rings is 2. The van der Waals surface area contributed by atoms with Gasteiger partial charge in [0.25, 0.3) is 0 Å². The molecule has 10 heteroatoms. The van der Waals surface area contributed by atoms with Crippen LogP contribution in [0.2, 0.25) is 0 Å². The van der Waals surface area contributed by atoms with Gasteiger partial charge in [-0.3, -0.25) is 0 Å². The number of ether oxygens (including phenoxy) is 2. The van der Waals surface area contributed by atoms with E-state index in [0.29, 0.717) is 5.95 Å². The van der Waals surface area contributed by atoms with E-state index in [9.17, 15) is 17.6 Å². The van der Waals surface area contributed by atoms with Crippen LogP contribution >= 0.6 is 0 Å². The maximum absolute atomic E-state index is 12.5. The predicted octanol–water partition coefficient (Wildman–Crippen LogP) is 6.02. The maximum atomic E-state index is 12.5. The van der Waals surface area contributed by atoms with Gasteiger partial charge in [-0.1, -0.05) is 24.3 Å². The minimum atomic E-state index is -2.89. The molecular weight excluding hydrogens is 452 g/mol. The van der Waals surface area contributed by atoms with Gasteiger partial charge in [0.15, 0.2) is 0 Å². The number of aromatic nitrogens is 3. The van der Waals surface area contributed by atoms with Crippen LogP contribution in [-0.4, -0.2) is 28.0 Å². The quantitative estimate of drug-likeness (QED) is 0.445. The molecule has 34 heavy (non-hydrogen) atoms. The molecule has 0 fully saturated rings. The summed E-state index contributed by atoms with van der Waals surface area (Å²) < 4.78 is 60.6. The van der Waals surface area contributed by atoms with Gasteiger partial charge >= 0.3 is 13.2 Å². The summed E-state index contributed by atoms with van der Waals surface area (Å²) in [6, 6.07) is 12.8. The maximum Gasteiger partial charge on any atom is 0.387 e. The monoisotopic (exact) mass is 472 g/mol. The molecule has 0 radical (unpaired) electrons. The predicted molar refractivity (Wildman–Crippen MR) is 117 cm³/mol.